The summed E-state index contributed by atoms with van der Waals surface area (Å²) in [5.41, 5.74) is -0.805. The largest absolute Gasteiger partial charge is 0.481 e. The van der Waals surface area contributed by atoms with Crippen molar-refractivity contribution in [2.24, 2.45) is 5.41 Å². The quantitative estimate of drug-likeness (QED) is 0.887. The molecule has 0 aromatic heterocycles. The summed E-state index contributed by atoms with van der Waals surface area (Å²) >= 11 is 0. The zero-order chi connectivity index (χ0) is 17.8. The van der Waals surface area contributed by atoms with Crippen molar-refractivity contribution in [2.75, 3.05) is 7.05 Å². The maximum absolute atomic E-state index is 13.3. The Hall–Kier alpha value is -2.44. The lowest BCUT2D eigenvalue weighted by molar-refractivity contribution is -0.160. The van der Waals surface area contributed by atoms with Crippen molar-refractivity contribution >= 4 is 17.8 Å². The Balaban J connectivity index is 2.15. The molecular weight excluding hydrogens is 315 g/mol. The Kier molecular flexibility index (Phi) is 3.62. The highest BCUT2D eigenvalue weighted by Crippen LogP contribution is 2.52. The van der Waals surface area contributed by atoms with Crippen molar-refractivity contribution in [1.82, 2.24) is 9.80 Å². The molecule has 1 aromatic rings. The Morgan fingerprint density at radius 2 is 1.83 bits per heavy atom. The molecule has 24 heavy (non-hydrogen) atoms. The van der Waals surface area contributed by atoms with Gasteiger partial charge in [-0.25, -0.2) is 4.39 Å². The minimum atomic E-state index is -1.32. The fraction of sp³-hybridized carbons (Fsp3) is 0.471. The van der Waals surface area contributed by atoms with E-state index in [9.17, 15) is 23.9 Å². The molecule has 2 amide bonds. The summed E-state index contributed by atoms with van der Waals surface area (Å²) < 4.78 is 13.3. The molecule has 1 aromatic carbocycles. The van der Waals surface area contributed by atoms with Gasteiger partial charge in [-0.2, -0.15) is 0 Å². The maximum Gasteiger partial charge on any atom is 0.311 e. The van der Waals surface area contributed by atoms with E-state index in [-0.39, 0.29) is 18.2 Å². The normalized spacial score (nSPS) is 32.9. The van der Waals surface area contributed by atoms with Crippen LogP contribution in [0.4, 0.5) is 4.39 Å². The van der Waals surface area contributed by atoms with Gasteiger partial charge in [-0.05, 0) is 38.0 Å². The van der Waals surface area contributed by atoms with Crippen LogP contribution in [0.3, 0.4) is 0 Å². The number of carboxylic acid groups (broad SMARTS) is 1. The lowest BCUT2D eigenvalue weighted by Crippen LogP contribution is -2.60. The number of carbonyl (C=O) groups excluding carboxylic acids is 2. The van der Waals surface area contributed by atoms with Crippen LogP contribution in [0.1, 0.15) is 31.9 Å². The van der Waals surface area contributed by atoms with Gasteiger partial charge in [0.25, 0.3) is 0 Å². The average Bonchev–Trinajstić information content (AvgIpc) is 2.87. The third-order valence-electron chi connectivity index (χ3n) is 5.33. The fourth-order valence-electron chi connectivity index (χ4n) is 3.77. The van der Waals surface area contributed by atoms with Crippen LogP contribution in [0.2, 0.25) is 0 Å². The smallest absolute Gasteiger partial charge is 0.311 e. The van der Waals surface area contributed by atoms with Crippen LogP contribution < -0.4 is 0 Å². The summed E-state index contributed by atoms with van der Waals surface area (Å²) in [6.07, 6.45) is 0.0337. The number of nitrogens with zero attached hydrogens (tertiary/aromatic N) is 2. The summed E-state index contributed by atoms with van der Waals surface area (Å²) in [5, 5.41) is 9.77. The van der Waals surface area contributed by atoms with Crippen LogP contribution in [0.15, 0.2) is 24.3 Å². The van der Waals surface area contributed by atoms with Crippen LogP contribution in [0, 0.1) is 11.2 Å². The van der Waals surface area contributed by atoms with Crippen LogP contribution >= 0.6 is 0 Å². The number of likely N-dealkylation sites (N-methyl/N-ethyl adjacent to an activating group) is 1. The molecule has 6 nitrogen and oxygen atoms in total. The molecule has 4 atom stereocenters. The summed E-state index contributed by atoms with van der Waals surface area (Å²) in [4.78, 5) is 40.1. The fourth-order valence-corrected chi connectivity index (χ4v) is 3.77. The molecule has 2 aliphatic rings. The van der Waals surface area contributed by atoms with Crippen molar-refractivity contribution in [3.63, 3.8) is 0 Å². The van der Waals surface area contributed by atoms with Gasteiger partial charge in [0.1, 0.15) is 17.9 Å². The van der Waals surface area contributed by atoms with Crippen molar-refractivity contribution < 1.29 is 23.9 Å². The third-order valence-corrected chi connectivity index (χ3v) is 5.33. The topological polar surface area (TPSA) is 77.9 Å². The van der Waals surface area contributed by atoms with E-state index in [2.05, 4.69) is 0 Å². The highest BCUT2D eigenvalue weighted by atomic mass is 19.1. The molecule has 1 N–H and O–H groups in total. The van der Waals surface area contributed by atoms with Gasteiger partial charge in [-0.15, -0.1) is 0 Å². The van der Waals surface area contributed by atoms with Gasteiger partial charge in [0.15, 0.2) is 0 Å². The minimum Gasteiger partial charge on any atom is -0.481 e. The molecule has 7 heteroatoms. The van der Waals surface area contributed by atoms with Crippen molar-refractivity contribution in [2.45, 2.75) is 38.4 Å². The SMILES string of the molecule is CC1C(=O)N2C(CC(C)(C(=O)O)C2c2ccc(F)cc2)C(=O)N1C. The molecule has 0 radical (unpaired) electrons. The summed E-state index contributed by atoms with van der Waals surface area (Å²) in [7, 11) is 1.55. The van der Waals surface area contributed by atoms with E-state index in [0.29, 0.717) is 5.56 Å². The van der Waals surface area contributed by atoms with Gasteiger partial charge in [-0.1, -0.05) is 12.1 Å². The first kappa shape index (κ1) is 16.4. The first-order valence-corrected chi connectivity index (χ1v) is 7.76. The second-order valence-electron chi connectivity index (χ2n) is 6.77. The molecule has 0 bridgehead atoms. The average molecular weight is 334 g/mol. The summed E-state index contributed by atoms with van der Waals surface area (Å²) in [5.74, 6) is -2.08. The Morgan fingerprint density at radius 3 is 2.38 bits per heavy atom. The number of carboxylic acids is 1. The van der Waals surface area contributed by atoms with Crippen LogP contribution in [-0.4, -0.2) is 51.8 Å². The number of aliphatic carboxylic acids is 1. The second-order valence-corrected chi connectivity index (χ2v) is 6.77. The Bertz CT molecular complexity index is 720. The van der Waals surface area contributed by atoms with Gasteiger partial charge in [0.05, 0.1) is 11.5 Å². The molecule has 2 aliphatic heterocycles. The van der Waals surface area contributed by atoms with E-state index in [0.717, 1.165) is 0 Å². The zero-order valence-electron chi connectivity index (χ0n) is 13.7. The third kappa shape index (κ3) is 2.11. The van der Waals surface area contributed by atoms with E-state index >= 15 is 0 Å². The first-order valence-electron chi connectivity index (χ1n) is 7.76. The number of fused-ring (bicyclic) bond motifs is 1. The number of benzene rings is 1. The van der Waals surface area contributed by atoms with E-state index in [4.69, 9.17) is 0 Å². The van der Waals surface area contributed by atoms with Crippen LogP contribution in [0.25, 0.3) is 0 Å². The van der Waals surface area contributed by atoms with E-state index in [1.807, 2.05) is 0 Å². The second kappa shape index (κ2) is 5.29. The number of carbonyl (C=O) groups is 3. The zero-order valence-corrected chi connectivity index (χ0v) is 13.7. The molecule has 4 unspecified atom stereocenters. The predicted octanol–water partition coefficient (Wildman–Crippen LogP) is 1.42. The number of amides is 2. The molecule has 0 spiro atoms. The molecule has 2 saturated heterocycles. The highest BCUT2D eigenvalue weighted by molar-refractivity contribution is 5.99. The number of rotatable bonds is 2. The Labute approximate surface area is 138 Å². The van der Waals surface area contributed by atoms with E-state index < -0.39 is 35.3 Å². The molecular formula is C17H19FN2O4. The number of halogens is 1. The van der Waals surface area contributed by atoms with Gasteiger partial charge in [0, 0.05) is 7.05 Å². The van der Waals surface area contributed by atoms with E-state index in [1.165, 1.54) is 41.0 Å². The molecule has 2 heterocycles. The monoisotopic (exact) mass is 334 g/mol. The van der Waals surface area contributed by atoms with Gasteiger partial charge in [-0.3, -0.25) is 14.4 Å². The first-order chi connectivity index (χ1) is 11.2. The van der Waals surface area contributed by atoms with Crippen LogP contribution in [0.5, 0.6) is 0 Å². The molecule has 2 fully saturated rings. The van der Waals surface area contributed by atoms with Crippen molar-refractivity contribution in [3.05, 3.63) is 35.6 Å². The number of hydrogen-bond donors (Lipinski definition) is 1. The lowest BCUT2D eigenvalue weighted by Gasteiger charge is -2.42. The minimum absolute atomic E-state index is 0.0337. The van der Waals surface area contributed by atoms with Gasteiger partial charge < -0.3 is 14.9 Å². The maximum atomic E-state index is 13.3. The molecule has 0 aliphatic carbocycles. The summed E-state index contributed by atoms with van der Waals surface area (Å²) in [6.45, 7) is 3.15. The van der Waals surface area contributed by atoms with Crippen molar-refractivity contribution in [1.29, 1.82) is 0 Å². The van der Waals surface area contributed by atoms with E-state index in [1.54, 1.807) is 14.0 Å². The van der Waals surface area contributed by atoms with Gasteiger partial charge >= 0.3 is 5.97 Å². The van der Waals surface area contributed by atoms with Gasteiger partial charge in [0.2, 0.25) is 11.8 Å². The molecule has 128 valence electrons. The summed E-state index contributed by atoms with van der Waals surface area (Å²) in [6, 6.07) is 3.14. The lowest BCUT2D eigenvalue weighted by atomic mass is 9.78. The standard InChI is InChI=1S/C17H19FN2O4/c1-9-14(21)20-12(15(22)19(9)3)8-17(2,16(23)24)13(20)10-4-6-11(18)7-5-10/h4-7,9,12-13H,8H2,1-3H3,(H,23,24). The van der Waals surface area contributed by atoms with Crippen LogP contribution in [-0.2, 0) is 14.4 Å². The number of piperazine rings is 1. The number of hydrogen-bond acceptors (Lipinski definition) is 3. The molecule has 0 saturated carbocycles. The molecule has 3 rings (SSSR count). The Morgan fingerprint density at radius 1 is 1.25 bits per heavy atom. The predicted molar refractivity (Wildman–Crippen MR) is 82.4 cm³/mol. The van der Waals surface area contributed by atoms with Crippen molar-refractivity contribution in [3.8, 4) is 0 Å². The highest BCUT2D eigenvalue weighted by Gasteiger charge is 2.61.